The highest BCUT2D eigenvalue weighted by Gasteiger charge is 2.48. The lowest BCUT2D eigenvalue weighted by Gasteiger charge is -2.25. The fraction of sp³-hybridized carbons (Fsp3) is 0.167. The van der Waals surface area contributed by atoms with E-state index in [2.05, 4.69) is 0 Å². The number of hydrogen-bond acceptors (Lipinski definition) is 5. The number of nitrogens with zero attached hydrogens (tertiary/aromatic N) is 1. The molecule has 7 heteroatoms. The highest BCUT2D eigenvalue weighted by atomic mass is 35.5. The Kier molecular flexibility index (Phi) is 4.59. The van der Waals surface area contributed by atoms with Gasteiger partial charge in [-0.15, -0.1) is 0 Å². The van der Waals surface area contributed by atoms with Crippen LogP contribution in [0.15, 0.2) is 64.8 Å². The van der Waals surface area contributed by atoms with Gasteiger partial charge in [-0.2, -0.15) is 0 Å². The molecule has 1 fully saturated rings. The van der Waals surface area contributed by atoms with E-state index in [0.717, 1.165) is 23.3 Å². The Labute approximate surface area is 183 Å². The molecule has 0 bridgehead atoms. The van der Waals surface area contributed by atoms with E-state index in [0.29, 0.717) is 28.6 Å². The maximum Gasteiger partial charge on any atom is 0.300 e. The van der Waals surface area contributed by atoms with Gasteiger partial charge in [0.05, 0.1) is 18.4 Å². The largest absolute Gasteiger partial charge is 0.507 e. The molecule has 1 atom stereocenters. The number of carbonyl (C=O) groups is 2. The summed E-state index contributed by atoms with van der Waals surface area (Å²) < 4.78 is 11.1. The van der Waals surface area contributed by atoms with Crippen LogP contribution in [0.3, 0.4) is 0 Å². The number of furan rings is 1. The van der Waals surface area contributed by atoms with Gasteiger partial charge < -0.3 is 14.3 Å². The highest BCUT2D eigenvalue weighted by Crippen LogP contribution is 2.44. The number of ether oxygens (including phenoxy) is 1. The summed E-state index contributed by atoms with van der Waals surface area (Å²) in [4.78, 5) is 27.6. The summed E-state index contributed by atoms with van der Waals surface area (Å²) in [6.45, 7) is 2.38. The summed E-state index contributed by atoms with van der Waals surface area (Å²) in [5, 5.41) is 11.7. The Hall–Kier alpha value is -3.51. The van der Waals surface area contributed by atoms with Crippen LogP contribution in [0.25, 0.3) is 5.76 Å². The van der Waals surface area contributed by atoms with Gasteiger partial charge >= 0.3 is 0 Å². The highest BCUT2D eigenvalue weighted by molar-refractivity contribution is 6.51. The number of Topliss-reactive ketones (excluding diaryl/α,β-unsaturated/α-hetero) is 1. The number of anilines is 1. The second kappa shape index (κ2) is 7.32. The van der Waals surface area contributed by atoms with E-state index < -0.39 is 17.7 Å². The van der Waals surface area contributed by atoms with Crippen LogP contribution in [0.2, 0.25) is 5.02 Å². The summed E-state index contributed by atoms with van der Waals surface area (Å²) in [6, 6.07) is 12.7. The van der Waals surface area contributed by atoms with Gasteiger partial charge in [-0.25, -0.2) is 0 Å². The first kappa shape index (κ1) is 19.5. The number of aliphatic hydroxyl groups excluding tert-OH is 1. The lowest BCUT2D eigenvalue weighted by atomic mass is 9.97. The molecule has 3 aromatic rings. The minimum absolute atomic E-state index is 0.0202. The van der Waals surface area contributed by atoms with Crippen LogP contribution in [-0.2, 0) is 16.0 Å². The molecule has 1 N–H and O–H groups in total. The number of fused-ring (bicyclic) bond motifs is 1. The molecule has 31 heavy (non-hydrogen) atoms. The maximum atomic E-state index is 13.1. The van der Waals surface area contributed by atoms with Gasteiger partial charge in [0.15, 0.2) is 0 Å². The van der Waals surface area contributed by atoms with Gasteiger partial charge in [0.2, 0.25) is 0 Å². The molecule has 2 aromatic carbocycles. The minimum Gasteiger partial charge on any atom is -0.507 e. The number of benzene rings is 2. The monoisotopic (exact) mass is 435 g/mol. The number of hydrogen-bond donors (Lipinski definition) is 1. The molecule has 2 aliphatic rings. The van der Waals surface area contributed by atoms with Crippen molar-refractivity contribution >= 4 is 34.7 Å². The molecule has 1 aromatic heterocycles. The molecule has 1 unspecified atom stereocenters. The van der Waals surface area contributed by atoms with Crippen LogP contribution in [0.5, 0.6) is 5.75 Å². The van der Waals surface area contributed by atoms with Crippen molar-refractivity contribution in [3.05, 3.63) is 87.8 Å². The predicted octanol–water partition coefficient (Wildman–Crippen LogP) is 4.80. The molecule has 0 radical (unpaired) electrons. The minimum atomic E-state index is -0.903. The Morgan fingerprint density at radius 3 is 2.74 bits per heavy atom. The lowest BCUT2D eigenvalue weighted by Crippen LogP contribution is -2.29. The standard InChI is InChI=1S/C24H18ClNO5/c1-13-11-16(25)5-6-17(13)26-21(19-3-2-9-30-19)20(23(28)24(26)29)22(27)15-4-7-18-14(12-15)8-10-31-18/h2-7,9,11-12,21,27H,8,10H2,1H3/b22-20-. The van der Waals surface area contributed by atoms with E-state index in [1.54, 1.807) is 55.5 Å². The number of halogens is 1. The van der Waals surface area contributed by atoms with Gasteiger partial charge in [-0.3, -0.25) is 14.5 Å². The van der Waals surface area contributed by atoms with Crippen LogP contribution in [0, 0.1) is 6.92 Å². The third kappa shape index (κ3) is 3.11. The first-order valence-electron chi connectivity index (χ1n) is 9.82. The zero-order chi connectivity index (χ0) is 21.7. The van der Waals surface area contributed by atoms with Gasteiger partial charge in [-0.05, 0) is 66.6 Å². The van der Waals surface area contributed by atoms with Crippen molar-refractivity contribution in [3.8, 4) is 5.75 Å². The average molecular weight is 436 g/mol. The number of amides is 1. The van der Waals surface area contributed by atoms with E-state index in [-0.39, 0.29) is 11.3 Å². The van der Waals surface area contributed by atoms with Gasteiger partial charge in [0, 0.05) is 22.7 Å². The van der Waals surface area contributed by atoms with Gasteiger partial charge in [0.1, 0.15) is 23.3 Å². The topological polar surface area (TPSA) is 80.0 Å². The first-order chi connectivity index (χ1) is 15.0. The number of aliphatic hydroxyl groups is 1. The second-order valence-electron chi connectivity index (χ2n) is 7.54. The van der Waals surface area contributed by atoms with Crippen molar-refractivity contribution in [2.24, 2.45) is 0 Å². The third-order valence-electron chi connectivity index (χ3n) is 5.64. The maximum absolute atomic E-state index is 13.1. The lowest BCUT2D eigenvalue weighted by molar-refractivity contribution is -0.132. The van der Waals surface area contributed by atoms with Crippen molar-refractivity contribution in [3.63, 3.8) is 0 Å². The normalized spacial score (nSPS) is 19.5. The zero-order valence-corrected chi connectivity index (χ0v) is 17.3. The molecule has 3 heterocycles. The summed E-state index contributed by atoms with van der Waals surface area (Å²) in [7, 11) is 0. The van der Waals surface area contributed by atoms with E-state index in [9.17, 15) is 14.7 Å². The van der Waals surface area contributed by atoms with Gasteiger partial charge in [0.25, 0.3) is 11.7 Å². The Morgan fingerprint density at radius 2 is 2.00 bits per heavy atom. The summed E-state index contributed by atoms with van der Waals surface area (Å²) in [5.41, 5.74) is 2.62. The molecule has 0 saturated carbocycles. The van der Waals surface area contributed by atoms with Crippen LogP contribution >= 0.6 is 11.6 Å². The van der Waals surface area contributed by atoms with E-state index >= 15 is 0 Å². The number of rotatable bonds is 3. The quantitative estimate of drug-likeness (QED) is 0.363. The summed E-state index contributed by atoms with van der Waals surface area (Å²) in [5.74, 6) is -0.623. The van der Waals surface area contributed by atoms with Crippen molar-refractivity contribution < 1.29 is 23.8 Å². The van der Waals surface area contributed by atoms with Crippen LogP contribution < -0.4 is 9.64 Å². The Morgan fingerprint density at radius 1 is 1.16 bits per heavy atom. The van der Waals surface area contributed by atoms with Gasteiger partial charge in [-0.1, -0.05) is 11.6 Å². The molecular formula is C24H18ClNO5. The molecule has 5 rings (SSSR count). The molecule has 1 saturated heterocycles. The zero-order valence-electron chi connectivity index (χ0n) is 16.6. The van der Waals surface area contributed by atoms with Crippen molar-refractivity contribution in [2.45, 2.75) is 19.4 Å². The molecule has 1 amide bonds. The van der Waals surface area contributed by atoms with Crippen LogP contribution in [-0.4, -0.2) is 23.4 Å². The Bertz CT molecular complexity index is 1240. The fourth-order valence-electron chi connectivity index (χ4n) is 4.18. The van der Waals surface area contributed by atoms with E-state index in [4.69, 9.17) is 20.8 Å². The molecule has 6 nitrogen and oxygen atoms in total. The number of carbonyl (C=O) groups excluding carboxylic acids is 2. The van der Waals surface area contributed by atoms with Crippen molar-refractivity contribution in [2.75, 3.05) is 11.5 Å². The number of aryl methyl sites for hydroxylation is 1. The van der Waals surface area contributed by atoms with E-state index in [1.165, 1.54) is 11.2 Å². The third-order valence-corrected chi connectivity index (χ3v) is 5.87. The molecular weight excluding hydrogens is 418 g/mol. The second-order valence-corrected chi connectivity index (χ2v) is 7.97. The Balaban J connectivity index is 1.70. The van der Waals surface area contributed by atoms with Crippen molar-refractivity contribution in [1.82, 2.24) is 0 Å². The molecule has 0 aliphatic carbocycles. The van der Waals surface area contributed by atoms with E-state index in [1.807, 2.05) is 0 Å². The number of ketones is 1. The van der Waals surface area contributed by atoms with Crippen LogP contribution in [0.4, 0.5) is 5.69 Å². The predicted molar refractivity (Wildman–Crippen MR) is 115 cm³/mol. The van der Waals surface area contributed by atoms with Crippen LogP contribution in [0.1, 0.15) is 28.5 Å². The summed E-state index contributed by atoms with van der Waals surface area (Å²) >= 11 is 6.08. The smallest absolute Gasteiger partial charge is 0.300 e. The average Bonchev–Trinajstić information content (AvgIpc) is 3.48. The first-order valence-corrected chi connectivity index (χ1v) is 10.2. The fourth-order valence-corrected chi connectivity index (χ4v) is 4.40. The summed E-state index contributed by atoms with van der Waals surface area (Å²) in [6.07, 6.45) is 2.19. The SMILES string of the molecule is Cc1cc(Cl)ccc1N1C(=O)C(=O)/C(=C(\O)c2ccc3c(c2)CCO3)C1c1ccco1. The van der Waals surface area contributed by atoms with Crippen molar-refractivity contribution in [1.29, 1.82) is 0 Å². The molecule has 156 valence electrons. The molecule has 0 spiro atoms. The molecule has 2 aliphatic heterocycles.